The van der Waals surface area contributed by atoms with Crippen LogP contribution >= 0.6 is 11.6 Å². The number of hydrogen-bond acceptors (Lipinski definition) is 2. The van der Waals surface area contributed by atoms with E-state index in [0.29, 0.717) is 36.8 Å². The van der Waals surface area contributed by atoms with Crippen molar-refractivity contribution in [3.05, 3.63) is 101 Å². The average molecular weight is 517 g/mol. The quantitative estimate of drug-likeness (QED) is 0.250. The summed E-state index contributed by atoms with van der Waals surface area (Å²) >= 11 is 6.08. The molecule has 6 nitrogen and oxygen atoms in total. The van der Waals surface area contributed by atoms with E-state index < -0.39 is 0 Å². The summed E-state index contributed by atoms with van der Waals surface area (Å²) in [7, 11) is 0. The SMILES string of the molecule is CC(C)CN(CC(=O)N(CCc1c[nH]c2ccccc12)Cc1ccccc1)C(=O)Nc1cccc(Cl)c1. The number of halogens is 1. The van der Waals surface area contributed by atoms with Crippen LogP contribution in [0.1, 0.15) is 25.0 Å². The molecule has 4 aromatic rings. The zero-order valence-corrected chi connectivity index (χ0v) is 22.0. The van der Waals surface area contributed by atoms with Gasteiger partial charge in [0.05, 0.1) is 0 Å². The third-order valence-corrected chi connectivity index (χ3v) is 6.40. The Labute approximate surface area is 223 Å². The highest BCUT2D eigenvalue weighted by molar-refractivity contribution is 6.30. The second-order valence-corrected chi connectivity index (χ2v) is 10.1. The number of benzene rings is 3. The molecular weight excluding hydrogens is 484 g/mol. The minimum absolute atomic E-state index is 0.00863. The van der Waals surface area contributed by atoms with Crippen LogP contribution in [0.4, 0.5) is 10.5 Å². The zero-order chi connectivity index (χ0) is 26.2. The van der Waals surface area contributed by atoms with Gasteiger partial charge in [-0.3, -0.25) is 4.79 Å². The Morgan fingerprint density at radius 1 is 0.946 bits per heavy atom. The maximum Gasteiger partial charge on any atom is 0.322 e. The second kappa shape index (κ2) is 12.5. The molecule has 0 aliphatic heterocycles. The van der Waals surface area contributed by atoms with Crippen molar-refractivity contribution in [2.45, 2.75) is 26.8 Å². The van der Waals surface area contributed by atoms with Crippen LogP contribution in [0.15, 0.2) is 85.1 Å². The van der Waals surface area contributed by atoms with Crippen molar-refractivity contribution < 1.29 is 9.59 Å². The summed E-state index contributed by atoms with van der Waals surface area (Å²) < 4.78 is 0. The number of fused-ring (bicyclic) bond motifs is 1. The van der Waals surface area contributed by atoms with E-state index in [1.54, 1.807) is 29.2 Å². The van der Waals surface area contributed by atoms with Crippen molar-refractivity contribution in [3.63, 3.8) is 0 Å². The van der Waals surface area contributed by atoms with Gasteiger partial charge >= 0.3 is 6.03 Å². The Bertz CT molecular complexity index is 1340. The number of carbonyl (C=O) groups excluding carboxylic acids is 2. The van der Waals surface area contributed by atoms with Gasteiger partial charge in [0.25, 0.3) is 0 Å². The smallest absolute Gasteiger partial charge is 0.322 e. The Balaban J connectivity index is 1.50. The van der Waals surface area contributed by atoms with Crippen LogP contribution in [0.25, 0.3) is 10.9 Å². The van der Waals surface area contributed by atoms with Crippen LogP contribution in [0.5, 0.6) is 0 Å². The minimum atomic E-state index is -0.319. The molecule has 0 fully saturated rings. The van der Waals surface area contributed by atoms with Crippen LogP contribution in [0.2, 0.25) is 5.02 Å². The molecule has 7 heteroatoms. The standard InChI is InChI=1S/C30H33ClN4O2/c1-22(2)19-35(30(37)33-26-12-8-11-25(31)17-26)21-29(36)34(20-23-9-4-3-5-10-23)16-15-24-18-32-28-14-7-6-13-27(24)28/h3-14,17-18,22,32H,15-16,19-21H2,1-2H3,(H,33,37). The first-order valence-corrected chi connectivity index (χ1v) is 12.9. The monoisotopic (exact) mass is 516 g/mol. The summed E-state index contributed by atoms with van der Waals surface area (Å²) in [5, 5.41) is 4.59. The summed E-state index contributed by atoms with van der Waals surface area (Å²) in [6, 6.07) is 24.8. The van der Waals surface area contributed by atoms with E-state index in [0.717, 1.165) is 16.5 Å². The van der Waals surface area contributed by atoms with Crippen LogP contribution in [-0.2, 0) is 17.8 Å². The van der Waals surface area contributed by atoms with Crippen LogP contribution in [-0.4, -0.2) is 46.4 Å². The molecule has 0 radical (unpaired) electrons. The molecule has 0 bridgehead atoms. The molecule has 0 spiro atoms. The second-order valence-electron chi connectivity index (χ2n) is 9.63. The van der Waals surface area contributed by atoms with Gasteiger partial charge in [-0.05, 0) is 47.7 Å². The summed E-state index contributed by atoms with van der Waals surface area (Å²) in [5.74, 6) is 0.109. The summed E-state index contributed by atoms with van der Waals surface area (Å²) in [5.41, 5.74) is 3.89. The van der Waals surface area contributed by atoms with E-state index in [1.807, 2.05) is 73.5 Å². The number of rotatable bonds is 10. The Morgan fingerprint density at radius 3 is 2.46 bits per heavy atom. The number of H-pyrrole nitrogens is 1. The van der Waals surface area contributed by atoms with Gasteiger partial charge in [-0.1, -0.05) is 80.0 Å². The summed E-state index contributed by atoms with van der Waals surface area (Å²) in [6.07, 6.45) is 2.72. The first kappa shape index (κ1) is 26.3. The van der Waals surface area contributed by atoms with Crippen LogP contribution in [0.3, 0.4) is 0 Å². The van der Waals surface area contributed by atoms with Gasteiger partial charge in [0.15, 0.2) is 0 Å². The Morgan fingerprint density at radius 2 is 1.70 bits per heavy atom. The molecule has 1 heterocycles. The zero-order valence-electron chi connectivity index (χ0n) is 21.3. The van der Waals surface area contributed by atoms with Crippen molar-refractivity contribution in [1.82, 2.24) is 14.8 Å². The molecule has 2 N–H and O–H groups in total. The molecule has 0 saturated carbocycles. The van der Waals surface area contributed by atoms with E-state index in [2.05, 4.69) is 16.4 Å². The minimum Gasteiger partial charge on any atom is -0.361 e. The lowest BCUT2D eigenvalue weighted by Gasteiger charge is -2.29. The highest BCUT2D eigenvalue weighted by Crippen LogP contribution is 2.19. The van der Waals surface area contributed by atoms with E-state index in [4.69, 9.17) is 11.6 Å². The number of anilines is 1. The molecule has 0 saturated heterocycles. The number of urea groups is 1. The van der Waals surface area contributed by atoms with Crippen molar-refractivity contribution >= 4 is 40.1 Å². The molecule has 0 atom stereocenters. The lowest BCUT2D eigenvalue weighted by atomic mass is 10.1. The van der Waals surface area contributed by atoms with Crippen molar-refractivity contribution in [2.24, 2.45) is 5.92 Å². The van der Waals surface area contributed by atoms with Gasteiger partial charge < -0.3 is 20.1 Å². The maximum atomic E-state index is 13.6. The third kappa shape index (κ3) is 7.37. The van der Waals surface area contributed by atoms with Crippen LogP contribution < -0.4 is 5.32 Å². The molecule has 1 aromatic heterocycles. The summed E-state index contributed by atoms with van der Waals surface area (Å²) in [4.78, 5) is 33.6. The maximum absolute atomic E-state index is 13.6. The van der Waals surface area contributed by atoms with Gasteiger partial charge in [0.2, 0.25) is 5.91 Å². The average Bonchev–Trinajstić information content (AvgIpc) is 3.29. The number of aromatic amines is 1. The van der Waals surface area contributed by atoms with Gasteiger partial charge in [-0.25, -0.2) is 4.79 Å². The molecule has 3 aromatic carbocycles. The first-order chi connectivity index (χ1) is 17.9. The largest absolute Gasteiger partial charge is 0.361 e. The molecule has 3 amide bonds. The molecule has 0 aliphatic carbocycles. The van der Waals surface area contributed by atoms with Gasteiger partial charge in [-0.15, -0.1) is 0 Å². The van der Waals surface area contributed by atoms with Crippen molar-refractivity contribution in [1.29, 1.82) is 0 Å². The van der Waals surface area contributed by atoms with Crippen molar-refractivity contribution in [3.8, 4) is 0 Å². The van der Waals surface area contributed by atoms with Gasteiger partial charge in [0, 0.05) is 47.4 Å². The fourth-order valence-corrected chi connectivity index (χ4v) is 4.57. The predicted molar refractivity (Wildman–Crippen MR) is 151 cm³/mol. The third-order valence-electron chi connectivity index (χ3n) is 6.17. The normalized spacial score (nSPS) is 11.0. The number of para-hydroxylation sites is 1. The Hall–Kier alpha value is -3.77. The van der Waals surface area contributed by atoms with Gasteiger partial charge in [-0.2, -0.15) is 0 Å². The number of nitrogens with one attached hydrogen (secondary N) is 2. The first-order valence-electron chi connectivity index (χ1n) is 12.6. The fourth-order valence-electron chi connectivity index (χ4n) is 4.38. The van der Waals surface area contributed by atoms with Gasteiger partial charge in [0.1, 0.15) is 6.54 Å². The number of amides is 3. The van der Waals surface area contributed by atoms with E-state index in [-0.39, 0.29) is 24.4 Å². The summed E-state index contributed by atoms with van der Waals surface area (Å²) in [6.45, 7) is 5.53. The molecule has 192 valence electrons. The number of aromatic nitrogens is 1. The number of hydrogen-bond donors (Lipinski definition) is 2. The van der Waals surface area contributed by atoms with E-state index >= 15 is 0 Å². The lowest BCUT2D eigenvalue weighted by molar-refractivity contribution is -0.132. The fraction of sp³-hybridized carbons (Fsp3) is 0.267. The molecule has 4 rings (SSSR count). The predicted octanol–water partition coefficient (Wildman–Crippen LogP) is 6.58. The lowest BCUT2D eigenvalue weighted by Crippen LogP contribution is -2.46. The number of carbonyl (C=O) groups is 2. The molecule has 0 unspecified atom stereocenters. The van der Waals surface area contributed by atoms with Crippen LogP contribution in [0, 0.1) is 5.92 Å². The molecular formula is C30H33ClN4O2. The highest BCUT2D eigenvalue weighted by atomic mass is 35.5. The van der Waals surface area contributed by atoms with E-state index in [9.17, 15) is 9.59 Å². The number of nitrogens with zero attached hydrogens (tertiary/aromatic N) is 2. The molecule has 37 heavy (non-hydrogen) atoms. The topological polar surface area (TPSA) is 68.4 Å². The van der Waals surface area contributed by atoms with Crippen molar-refractivity contribution in [2.75, 3.05) is 25.0 Å². The molecule has 0 aliphatic rings. The Kier molecular flexibility index (Phi) is 8.86. The highest BCUT2D eigenvalue weighted by Gasteiger charge is 2.23. The van der Waals surface area contributed by atoms with E-state index in [1.165, 1.54) is 5.56 Å².